The van der Waals surface area contributed by atoms with E-state index in [-0.39, 0.29) is 24.3 Å². The number of carbonyl (C=O) groups excluding carboxylic acids is 3. The second-order valence-corrected chi connectivity index (χ2v) is 12.5. The number of fused-ring (bicyclic) bond motifs is 1. The highest BCUT2D eigenvalue weighted by atomic mass is 35.5. The first kappa shape index (κ1) is 31.7. The Morgan fingerprint density at radius 1 is 1.05 bits per heavy atom. The van der Waals surface area contributed by atoms with Gasteiger partial charge in [0.25, 0.3) is 0 Å². The minimum atomic E-state index is -0.760. The molecule has 42 heavy (non-hydrogen) atoms. The van der Waals surface area contributed by atoms with E-state index >= 15 is 0 Å². The van der Waals surface area contributed by atoms with Gasteiger partial charge in [0.1, 0.15) is 30.0 Å². The van der Waals surface area contributed by atoms with Gasteiger partial charge < -0.3 is 19.7 Å². The highest BCUT2D eigenvalue weighted by Gasteiger charge is 2.46. The van der Waals surface area contributed by atoms with Crippen molar-refractivity contribution in [1.29, 1.82) is 0 Å². The summed E-state index contributed by atoms with van der Waals surface area (Å²) in [7, 11) is 1.57. The van der Waals surface area contributed by atoms with Gasteiger partial charge in [-0.3, -0.25) is 14.5 Å². The van der Waals surface area contributed by atoms with Crippen LogP contribution in [-0.2, 0) is 27.4 Å². The van der Waals surface area contributed by atoms with Crippen LogP contribution in [0.3, 0.4) is 0 Å². The monoisotopic (exact) mass is 615 g/mol. The molecule has 3 amide bonds. The maximum atomic E-state index is 14.2. The third-order valence-corrected chi connectivity index (χ3v) is 8.26. The summed E-state index contributed by atoms with van der Waals surface area (Å²) >= 11 is 12.5. The maximum Gasteiger partial charge on any atom is 0.410 e. The second kappa shape index (κ2) is 13.8. The predicted molar refractivity (Wildman–Crippen MR) is 164 cm³/mol. The molecule has 4 rings (SSSR count). The Morgan fingerprint density at radius 2 is 1.74 bits per heavy atom. The minimum Gasteiger partial charge on any atom is -0.489 e. The van der Waals surface area contributed by atoms with Gasteiger partial charge in [0, 0.05) is 42.2 Å². The van der Waals surface area contributed by atoms with Crippen molar-refractivity contribution in [2.24, 2.45) is 5.92 Å². The Bertz CT molecular complexity index is 1290. The number of benzene rings is 2. The quantitative estimate of drug-likeness (QED) is 0.384. The molecule has 0 aromatic heterocycles. The van der Waals surface area contributed by atoms with E-state index in [4.69, 9.17) is 32.7 Å². The highest BCUT2D eigenvalue weighted by molar-refractivity contribution is 6.35. The number of halogens is 2. The molecule has 0 radical (unpaired) electrons. The number of allylic oxidation sites excluding steroid dienone is 1. The molecule has 0 saturated carbocycles. The van der Waals surface area contributed by atoms with Crippen LogP contribution in [0, 0.1) is 5.92 Å². The summed E-state index contributed by atoms with van der Waals surface area (Å²) in [6.07, 6.45) is 5.93. The zero-order valence-electron chi connectivity index (χ0n) is 24.6. The third-order valence-electron chi connectivity index (χ3n) is 7.55. The summed E-state index contributed by atoms with van der Waals surface area (Å²) in [6, 6.07) is 11.3. The topological polar surface area (TPSA) is 88.2 Å². The predicted octanol–water partition coefficient (Wildman–Crippen LogP) is 6.03. The summed E-state index contributed by atoms with van der Waals surface area (Å²) in [6.45, 7) is 6.43. The van der Waals surface area contributed by atoms with E-state index in [0.29, 0.717) is 60.1 Å². The Hall–Kier alpha value is -3.23. The number of hydrogen-bond acceptors (Lipinski definition) is 5. The third kappa shape index (κ3) is 7.78. The molecule has 2 heterocycles. The molecule has 1 N–H and O–H groups in total. The molecular formula is C32H39Cl2N3O5. The largest absolute Gasteiger partial charge is 0.489 e. The zero-order chi connectivity index (χ0) is 30.4. The van der Waals surface area contributed by atoms with E-state index in [2.05, 4.69) is 17.5 Å². The number of amides is 3. The number of ether oxygens (including phenoxy) is 2. The van der Waals surface area contributed by atoms with Gasteiger partial charge >= 0.3 is 6.09 Å². The molecule has 3 atom stereocenters. The van der Waals surface area contributed by atoms with Crippen molar-refractivity contribution in [2.75, 3.05) is 20.1 Å². The van der Waals surface area contributed by atoms with Gasteiger partial charge in [0.2, 0.25) is 11.8 Å². The normalized spacial score (nSPS) is 20.6. The van der Waals surface area contributed by atoms with Crippen LogP contribution in [0.1, 0.15) is 51.2 Å². The summed E-state index contributed by atoms with van der Waals surface area (Å²) < 4.78 is 11.6. The first-order chi connectivity index (χ1) is 20.0. The summed E-state index contributed by atoms with van der Waals surface area (Å²) in [5, 5.41) is 3.80. The number of hydrogen-bond donors (Lipinski definition) is 1. The number of rotatable bonds is 7. The van der Waals surface area contributed by atoms with Crippen LogP contribution in [0.5, 0.6) is 5.75 Å². The van der Waals surface area contributed by atoms with E-state index in [1.807, 2.05) is 45.0 Å². The number of likely N-dealkylation sites (tertiary alicyclic amines) is 1. The molecular weight excluding hydrogens is 577 g/mol. The molecule has 2 aliphatic heterocycles. The van der Waals surface area contributed by atoms with Crippen molar-refractivity contribution in [3.63, 3.8) is 0 Å². The van der Waals surface area contributed by atoms with Gasteiger partial charge in [-0.05, 0) is 75.8 Å². The molecule has 1 fully saturated rings. The Kier molecular flexibility index (Phi) is 10.4. The van der Waals surface area contributed by atoms with Gasteiger partial charge in [-0.15, -0.1) is 0 Å². The van der Waals surface area contributed by atoms with Crippen LogP contribution in [-0.4, -0.2) is 65.5 Å². The van der Waals surface area contributed by atoms with Gasteiger partial charge in [0.15, 0.2) is 0 Å². The lowest BCUT2D eigenvalue weighted by Gasteiger charge is -2.36. The number of nitrogens with zero attached hydrogens (tertiary/aromatic N) is 2. The average molecular weight is 617 g/mol. The SMILES string of the molecule is CNC(=O)[C@H](Cc1ccc(OCc2c(Cl)cccc2Cl)cc1)N1CC/C=C\C[C@H]2CCN(C(=O)OC(C)(C)C)[C@@H]2C1=O. The fourth-order valence-electron chi connectivity index (χ4n) is 5.44. The van der Waals surface area contributed by atoms with E-state index in [0.717, 1.165) is 5.56 Å². The average Bonchev–Trinajstić information content (AvgIpc) is 3.38. The van der Waals surface area contributed by atoms with E-state index in [9.17, 15) is 14.4 Å². The number of carbonyl (C=O) groups is 3. The Balaban J connectivity index is 1.54. The molecule has 8 nitrogen and oxygen atoms in total. The van der Waals surface area contributed by atoms with E-state index in [1.165, 1.54) is 0 Å². The summed E-state index contributed by atoms with van der Waals surface area (Å²) in [5.74, 6) is 0.0862. The van der Waals surface area contributed by atoms with Crippen molar-refractivity contribution in [2.45, 2.75) is 70.7 Å². The smallest absolute Gasteiger partial charge is 0.410 e. The Labute approximate surface area is 257 Å². The van der Waals surface area contributed by atoms with Gasteiger partial charge in [0.05, 0.1) is 0 Å². The van der Waals surface area contributed by atoms with Crippen molar-refractivity contribution in [3.05, 3.63) is 75.8 Å². The lowest BCUT2D eigenvalue weighted by Crippen LogP contribution is -2.57. The van der Waals surface area contributed by atoms with Crippen LogP contribution in [0.2, 0.25) is 10.0 Å². The summed E-state index contributed by atoms with van der Waals surface area (Å²) in [4.78, 5) is 43.8. The lowest BCUT2D eigenvalue weighted by molar-refractivity contribution is -0.144. The van der Waals surface area contributed by atoms with Crippen LogP contribution in [0.15, 0.2) is 54.6 Å². The van der Waals surface area contributed by atoms with E-state index < -0.39 is 23.8 Å². The molecule has 0 unspecified atom stereocenters. The molecule has 0 bridgehead atoms. The molecule has 2 aromatic carbocycles. The molecule has 2 aromatic rings. The number of nitrogens with one attached hydrogen (secondary N) is 1. The molecule has 226 valence electrons. The van der Waals surface area contributed by atoms with Gasteiger partial charge in [-0.2, -0.15) is 0 Å². The Morgan fingerprint density at radius 3 is 2.38 bits per heavy atom. The van der Waals surface area contributed by atoms with Gasteiger partial charge in [-0.25, -0.2) is 4.79 Å². The molecule has 0 spiro atoms. The standard InChI is InChI=1S/C32H39Cl2N3O5/c1-32(2,3)42-31(40)37-18-16-22-9-6-5-7-17-36(30(39)28(22)37)27(29(38)35-4)19-21-12-14-23(15-13-21)41-20-24-25(33)10-8-11-26(24)34/h5-6,8,10-15,22,27-28H,7,9,16-20H2,1-4H3,(H,35,38)/b6-5-/t22-,27-,28-/m0/s1. The van der Waals surface area contributed by atoms with Gasteiger partial charge in [-0.1, -0.05) is 53.6 Å². The first-order valence-corrected chi connectivity index (χ1v) is 15.1. The van der Waals surface area contributed by atoms with E-state index in [1.54, 1.807) is 35.0 Å². The van der Waals surface area contributed by atoms with Crippen molar-refractivity contribution in [3.8, 4) is 5.75 Å². The maximum absolute atomic E-state index is 14.2. The van der Waals surface area contributed by atoms with Crippen LogP contribution >= 0.6 is 23.2 Å². The summed E-state index contributed by atoms with van der Waals surface area (Å²) in [5.41, 5.74) is 0.883. The molecule has 10 heteroatoms. The fourth-order valence-corrected chi connectivity index (χ4v) is 5.94. The molecule has 2 aliphatic rings. The molecule has 1 saturated heterocycles. The molecule has 0 aliphatic carbocycles. The number of likely N-dealkylation sites (N-methyl/N-ethyl adjacent to an activating group) is 1. The van der Waals surface area contributed by atoms with Crippen LogP contribution < -0.4 is 10.1 Å². The fraction of sp³-hybridized carbons (Fsp3) is 0.469. The van der Waals surface area contributed by atoms with Crippen molar-refractivity contribution >= 4 is 41.1 Å². The minimum absolute atomic E-state index is 0.0461. The second-order valence-electron chi connectivity index (χ2n) is 11.7. The van der Waals surface area contributed by atoms with Crippen LogP contribution in [0.4, 0.5) is 4.79 Å². The van der Waals surface area contributed by atoms with Crippen molar-refractivity contribution in [1.82, 2.24) is 15.1 Å². The van der Waals surface area contributed by atoms with Crippen LogP contribution in [0.25, 0.3) is 0 Å². The first-order valence-electron chi connectivity index (χ1n) is 14.3. The highest BCUT2D eigenvalue weighted by Crippen LogP contribution is 2.33. The van der Waals surface area contributed by atoms with Crippen molar-refractivity contribution < 1.29 is 23.9 Å². The zero-order valence-corrected chi connectivity index (χ0v) is 26.1. The lowest BCUT2D eigenvalue weighted by atomic mass is 9.94.